The Kier molecular flexibility index (Phi) is 3.73. The van der Waals surface area contributed by atoms with E-state index < -0.39 is 9.84 Å². The van der Waals surface area contributed by atoms with Crippen LogP contribution in [0.5, 0.6) is 0 Å². The van der Waals surface area contributed by atoms with Crippen molar-refractivity contribution in [1.82, 2.24) is 0 Å². The highest BCUT2D eigenvalue weighted by molar-refractivity contribution is 7.90. The number of carbonyl (C=O) groups excluding carboxylic acids is 1. The number of hydrogen-bond acceptors (Lipinski definition) is 3. The molecule has 0 fully saturated rings. The highest BCUT2D eigenvalue weighted by Crippen LogP contribution is 2.25. The molecule has 0 unspecified atom stereocenters. The summed E-state index contributed by atoms with van der Waals surface area (Å²) in [6, 6.07) is 11.6. The molecule has 0 spiro atoms. The van der Waals surface area contributed by atoms with Crippen molar-refractivity contribution in [2.75, 3.05) is 6.26 Å². The molecule has 0 heterocycles. The van der Waals surface area contributed by atoms with Crippen molar-refractivity contribution in [3.63, 3.8) is 0 Å². The largest absolute Gasteiger partial charge is 0.298 e. The fourth-order valence-corrected chi connectivity index (χ4v) is 2.55. The van der Waals surface area contributed by atoms with Crippen LogP contribution < -0.4 is 0 Å². The van der Waals surface area contributed by atoms with Crippen LogP contribution in [-0.2, 0) is 9.84 Å². The molecule has 0 saturated carbocycles. The molecule has 0 aliphatic heterocycles. The summed E-state index contributed by atoms with van der Waals surface area (Å²) in [6.45, 7) is 0. The van der Waals surface area contributed by atoms with Gasteiger partial charge in [0.25, 0.3) is 0 Å². The van der Waals surface area contributed by atoms with Gasteiger partial charge in [0.05, 0.1) is 9.92 Å². The maximum absolute atomic E-state index is 11.4. The molecule has 0 bridgehead atoms. The van der Waals surface area contributed by atoms with Crippen LogP contribution in [0.3, 0.4) is 0 Å². The molecule has 98 valence electrons. The Morgan fingerprint density at radius 1 is 1.00 bits per heavy atom. The minimum absolute atomic E-state index is 0.270. The van der Waals surface area contributed by atoms with E-state index in [0.29, 0.717) is 16.9 Å². The van der Waals surface area contributed by atoms with Crippen LogP contribution in [0.15, 0.2) is 47.4 Å². The average Bonchev–Trinajstić information content (AvgIpc) is 2.38. The van der Waals surface area contributed by atoms with Crippen molar-refractivity contribution >= 4 is 27.7 Å². The average molecular weight is 295 g/mol. The molecule has 0 aromatic heterocycles. The zero-order valence-corrected chi connectivity index (χ0v) is 11.7. The van der Waals surface area contributed by atoms with Gasteiger partial charge in [0.2, 0.25) is 0 Å². The monoisotopic (exact) mass is 294 g/mol. The molecule has 0 atom stereocenters. The van der Waals surface area contributed by atoms with Crippen LogP contribution in [-0.4, -0.2) is 21.0 Å². The quantitative estimate of drug-likeness (QED) is 0.817. The molecule has 0 N–H and O–H groups in total. The van der Waals surface area contributed by atoms with Gasteiger partial charge in [-0.15, -0.1) is 0 Å². The third kappa shape index (κ3) is 3.03. The Labute approximate surface area is 116 Å². The standard InChI is InChI=1S/C14H11ClO3S/c1-19(17,18)13-6-4-10(5-7-13)11-2-3-12(9-16)14(15)8-11/h2-9H,1H3. The van der Waals surface area contributed by atoms with Gasteiger partial charge in [-0.05, 0) is 35.4 Å². The third-order valence-electron chi connectivity index (χ3n) is 2.74. The summed E-state index contributed by atoms with van der Waals surface area (Å²) < 4.78 is 22.7. The summed E-state index contributed by atoms with van der Waals surface area (Å²) in [5.41, 5.74) is 2.10. The fraction of sp³-hybridized carbons (Fsp3) is 0.0714. The summed E-state index contributed by atoms with van der Waals surface area (Å²) >= 11 is 5.96. The normalized spacial score (nSPS) is 11.3. The third-order valence-corrected chi connectivity index (χ3v) is 4.20. The predicted molar refractivity (Wildman–Crippen MR) is 75.4 cm³/mol. The lowest BCUT2D eigenvalue weighted by atomic mass is 10.0. The van der Waals surface area contributed by atoms with Gasteiger partial charge in [-0.25, -0.2) is 8.42 Å². The van der Waals surface area contributed by atoms with E-state index in [1.807, 2.05) is 0 Å². The lowest BCUT2D eigenvalue weighted by Gasteiger charge is -2.05. The van der Waals surface area contributed by atoms with Crippen LogP contribution in [0, 0.1) is 0 Å². The van der Waals surface area contributed by atoms with Gasteiger partial charge >= 0.3 is 0 Å². The highest BCUT2D eigenvalue weighted by atomic mass is 35.5. The van der Waals surface area contributed by atoms with Crippen LogP contribution in [0.4, 0.5) is 0 Å². The molecule has 5 heteroatoms. The van der Waals surface area contributed by atoms with Gasteiger partial charge in [-0.1, -0.05) is 29.8 Å². The van der Waals surface area contributed by atoms with Gasteiger partial charge in [-0.2, -0.15) is 0 Å². The van der Waals surface area contributed by atoms with Crippen molar-refractivity contribution in [3.8, 4) is 11.1 Å². The smallest absolute Gasteiger partial charge is 0.175 e. The van der Waals surface area contributed by atoms with Crippen LogP contribution in [0.1, 0.15) is 10.4 Å². The van der Waals surface area contributed by atoms with Crippen LogP contribution in [0.25, 0.3) is 11.1 Å². The summed E-state index contributed by atoms with van der Waals surface area (Å²) in [5, 5.41) is 0.375. The van der Waals surface area contributed by atoms with E-state index in [0.717, 1.165) is 17.4 Å². The SMILES string of the molecule is CS(=O)(=O)c1ccc(-c2ccc(C=O)c(Cl)c2)cc1. The number of halogens is 1. The molecule has 3 nitrogen and oxygen atoms in total. The Hall–Kier alpha value is -1.65. The first kappa shape index (κ1) is 13.8. The van der Waals surface area contributed by atoms with Crippen molar-refractivity contribution < 1.29 is 13.2 Å². The second-order valence-electron chi connectivity index (χ2n) is 4.15. The lowest BCUT2D eigenvalue weighted by molar-refractivity contribution is 0.112. The molecule has 0 radical (unpaired) electrons. The van der Waals surface area contributed by atoms with E-state index in [1.54, 1.807) is 42.5 Å². The maximum atomic E-state index is 11.4. The molecule has 19 heavy (non-hydrogen) atoms. The van der Waals surface area contributed by atoms with Gasteiger partial charge in [-0.3, -0.25) is 4.79 Å². The first-order chi connectivity index (χ1) is 8.91. The summed E-state index contributed by atoms with van der Waals surface area (Å²) in [6.07, 6.45) is 1.86. The van der Waals surface area contributed by atoms with Gasteiger partial charge in [0.15, 0.2) is 16.1 Å². The first-order valence-electron chi connectivity index (χ1n) is 5.47. The van der Waals surface area contributed by atoms with E-state index in [4.69, 9.17) is 11.6 Å². The molecule has 0 saturated heterocycles. The molecule has 0 aliphatic rings. The minimum Gasteiger partial charge on any atom is -0.298 e. The van der Waals surface area contributed by atoms with Crippen molar-refractivity contribution in [3.05, 3.63) is 53.1 Å². The van der Waals surface area contributed by atoms with Gasteiger partial charge < -0.3 is 0 Å². The molecular weight excluding hydrogens is 284 g/mol. The van der Waals surface area contributed by atoms with Crippen molar-refractivity contribution in [1.29, 1.82) is 0 Å². The molecule has 0 aliphatic carbocycles. The van der Waals surface area contributed by atoms with E-state index in [9.17, 15) is 13.2 Å². The minimum atomic E-state index is -3.19. The Morgan fingerprint density at radius 3 is 2.05 bits per heavy atom. The van der Waals surface area contributed by atoms with Gasteiger partial charge in [0, 0.05) is 11.8 Å². The van der Waals surface area contributed by atoms with Crippen LogP contribution >= 0.6 is 11.6 Å². The van der Waals surface area contributed by atoms with Crippen molar-refractivity contribution in [2.45, 2.75) is 4.90 Å². The van der Waals surface area contributed by atoms with E-state index in [1.165, 1.54) is 0 Å². The topological polar surface area (TPSA) is 51.2 Å². The molecule has 2 aromatic carbocycles. The van der Waals surface area contributed by atoms with E-state index >= 15 is 0 Å². The molecule has 2 rings (SSSR count). The number of sulfone groups is 1. The number of benzene rings is 2. The van der Waals surface area contributed by atoms with Gasteiger partial charge in [0.1, 0.15) is 0 Å². The number of carbonyl (C=O) groups is 1. The van der Waals surface area contributed by atoms with E-state index in [2.05, 4.69) is 0 Å². The van der Waals surface area contributed by atoms with Crippen LogP contribution in [0.2, 0.25) is 5.02 Å². The zero-order chi connectivity index (χ0) is 14.0. The second kappa shape index (κ2) is 5.15. The lowest BCUT2D eigenvalue weighted by Crippen LogP contribution is -1.96. The number of rotatable bonds is 3. The molecule has 2 aromatic rings. The second-order valence-corrected chi connectivity index (χ2v) is 6.57. The first-order valence-corrected chi connectivity index (χ1v) is 7.74. The summed E-state index contributed by atoms with van der Waals surface area (Å²) in [5.74, 6) is 0. The van der Waals surface area contributed by atoms with E-state index in [-0.39, 0.29) is 4.90 Å². The Balaban J connectivity index is 2.43. The summed E-state index contributed by atoms with van der Waals surface area (Å²) in [4.78, 5) is 10.9. The fourth-order valence-electron chi connectivity index (χ4n) is 1.70. The highest BCUT2D eigenvalue weighted by Gasteiger charge is 2.07. The molecule has 0 amide bonds. The zero-order valence-electron chi connectivity index (χ0n) is 10.1. The Morgan fingerprint density at radius 2 is 1.58 bits per heavy atom. The summed E-state index contributed by atoms with van der Waals surface area (Å²) in [7, 11) is -3.19. The number of aldehydes is 1. The maximum Gasteiger partial charge on any atom is 0.175 e. The number of hydrogen-bond donors (Lipinski definition) is 0. The molecular formula is C14H11ClO3S. The van der Waals surface area contributed by atoms with Crippen molar-refractivity contribution in [2.24, 2.45) is 0 Å². The Bertz CT molecular complexity index is 719. The predicted octanol–water partition coefficient (Wildman–Crippen LogP) is 3.22.